The topological polar surface area (TPSA) is 12.0 Å². The van der Waals surface area contributed by atoms with Gasteiger partial charge in [0.1, 0.15) is 5.82 Å². The Morgan fingerprint density at radius 2 is 1.69 bits per heavy atom. The third kappa shape index (κ3) is 2.42. The number of rotatable bonds is 1. The highest BCUT2D eigenvalue weighted by atomic mass is 32.1. The van der Waals surface area contributed by atoms with Crippen molar-refractivity contribution in [3.05, 3.63) is 29.6 Å². The average molecular weight is 205 g/mol. The Morgan fingerprint density at radius 3 is 2.23 bits per heavy atom. The van der Waals surface area contributed by atoms with E-state index in [1.807, 2.05) is 0 Å². The van der Waals surface area contributed by atoms with Gasteiger partial charge in [-0.15, -0.1) is 0 Å². The van der Waals surface area contributed by atoms with Crippen molar-refractivity contribution in [2.45, 2.75) is 6.92 Å². The van der Waals surface area contributed by atoms with Crippen LogP contribution in [0.1, 0.15) is 6.92 Å². The van der Waals surface area contributed by atoms with Crippen LogP contribution in [-0.2, 0) is 0 Å². The lowest BCUT2D eigenvalue weighted by atomic mass is 10.3. The molecule has 0 amide bonds. The fraction of sp³-hybridized carbons (Fsp3) is 0.125. The molecule has 0 radical (unpaired) electrons. The van der Waals surface area contributed by atoms with Gasteiger partial charge in [-0.25, -0.2) is 13.2 Å². The van der Waals surface area contributed by atoms with Crippen LogP contribution in [0, 0.1) is 17.5 Å². The number of halogens is 3. The Hall–Kier alpha value is -1.10. The molecule has 70 valence electrons. The molecule has 0 aromatic heterocycles. The Balaban J connectivity index is 3.08. The zero-order valence-electron chi connectivity index (χ0n) is 6.70. The van der Waals surface area contributed by atoms with Crippen LogP contribution in [0.15, 0.2) is 12.1 Å². The Bertz CT molecular complexity index is 351. The number of thiocarbonyl (C=S) groups is 1. The third-order valence-corrected chi connectivity index (χ3v) is 1.42. The summed E-state index contributed by atoms with van der Waals surface area (Å²) in [6, 6.07) is 1.19. The molecule has 0 saturated carbocycles. The minimum Gasteiger partial charge on any atom is -0.348 e. The highest BCUT2D eigenvalue weighted by Gasteiger charge is 2.09. The van der Waals surface area contributed by atoms with Crippen LogP contribution in [0.4, 0.5) is 18.9 Å². The van der Waals surface area contributed by atoms with Crippen molar-refractivity contribution in [1.82, 2.24) is 0 Å². The van der Waals surface area contributed by atoms with E-state index in [4.69, 9.17) is 0 Å². The number of benzene rings is 1. The minimum atomic E-state index is -1.22. The van der Waals surface area contributed by atoms with Gasteiger partial charge in [-0.05, 0) is 6.92 Å². The summed E-state index contributed by atoms with van der Waals surface area (Å²) >= 11 is 4.62. The van der Waals surface area contributed by atoms with E-state index >= 15 is 0 Å². The van der Waals surface area contributed by atoms with Crippen LogP contribution < -0.4 is 5.32 Å². The van der Waals surface area contributed by atoms with Gasteiger partial charge in [0.05, 0.1) is 10.7 Å². The SMILES string of the molecule is CC(=S)Nc1cc(F)c(F)cc1F. The lowest BCUT2D eigenvalue weighted by Gasteiger charge is -2.05. The molecule has 0 heterocycles. The van der Waals surface area contributed by atoms with Crippen molar-refractivity contribution < 1.29 is 13.2 Å². The molecule has 0 atom stereocenters. The molecule has 0 unspecified atom stereocenters. The molecule has 0 aliphatic rings. The van der Waals surface area contributed by atoms with E-state index in [0.717, 1.165) is 6.07 Å². The molecule has 13 heavy (non-hydrogen) atoms. The maximum absolute atomic E-state index is 12.9. The fourth-order valence-corrected chi connectivity index (χ4v) is 0.918. The molecule has 0 fully saturated rings. The second kappa shape index (κ2) is 3.74. The molecular weight excluding hydrogens is 199 g/mol. The van der Waals surface area contributed by atoms with E-state index in [-0.39, 0.29) is 10.7 Å². The quantitative estimate of drug-likeness (QED) is 0.559. The second-order valence-electron chi connectivity index (χ2n) is 2.43. The van der Waals surface area contributed by atoms with E-state index in [0.29, 0.717) is 6.07 Å². The maximum Gasteiger partial charge on any atom is 0.161 e. The van der Waals surface area contributed by atoms with E-state index in [2.05, 4.69) is 17.5 Å². The molecule has 1 aromatic carbocycles. The first-order chi connectivity index (χ1) is 6.00. The number of nitrogens with one attached hydrogen (secondary N) is 1. The average Bonchev–Trinajstić information content (AvgIpc) is 1.99. The molecule has 0 aliphatic heterocycles. The van der Waals surface area contributed by atoms with Crippen LogP contribution in [0.25, 0.3) is 0 Å². The van der Waals surface area contributed by atoms with E-state index in [1.54, 1.807) is 0 Å². The van der Waals surface area contributed by atoms with Gasteiger partial charge >= 0.3 is 0 Å². The first kappa shape index (κ1) is 9.98. The summed E-state index contributed by atoms with van der Waals surface area (Å²) in [6.07, 6.45) is 0. The van der Waals surface area contributed by atoms with E-state index < -0.39 is 17.5 Å². The monoisotopic (exact) mass is 205 g/mol. The first-order valence-corrected chi connectivity index (χ1v) is 3.83. The Labute approximate surface area is 78.6 Å². The molecule has 5 heteroatoms. The molecule has 1 N–H and O–H groups in total. The van der Waals surface area contributed by atoms with Crippen LogP contribution in [0.2, 0.25) is 0 Å². The van der Waals surface area contributed by atoms with Gasteiger partial charge in [0.2, 0.25) is 0 Å². The summed E-state index contributed by atoms with van der Waals surface area (Å²) in [4.78, 5) is 0.282. The van der Waals surface area contributed by atoms with Crippen molar-refractivity contribution in [2.75, 3.05) is 5.32 Å². The zero-order valence-corrected chi connectivity index (χ0v) is 7.51. The predicted octanol–water partition coefficient (Wildman–Crippen LogP) is 2.86. The van der Waals surface area contributed by atoms with Crippen LogP contribution >= 0.6 is 12.2 Å². The van der Waals surface area contributed by atoms with E-state index in [1.165, 1.54) is 6.92 Å². The minimum absolute atomic E-state index is 0.161. The van der Waals surface area contributed by atoms with E-state index in [9.17, 15) is 13.2 Å². The third-order valence-electron chi connectivity index (χ3n) is 1.32. The summed E-state index contributed by atoms with van der Waals surface area (Å²) in [7, 11) is 0. The predicted molar refractivity (Wildman–Crippen MR) is 48.2 cm³/mol. The largest absolute Gasteiger partial charge is 0.348 e. The lowest BCUT2D eigenvalue weighted by Crippen LogP contribution is -2.06. The number of hydrogen-bond acceptors (Lipinski definition) is 1. The molecular formula is C8H6F3NS. The van der Waals surface area contributed by atoms with Gasteiger partial charge in [0.25, 0.3) is 0 Å². The Kier molecular flexibility index (Phi) is 2.87. The van der Waals surface area contributed by atoms with Gasteiger partial charge < -0.3 is 5.32 Å². The highest BCUT2D eigenvalue weighted by molar-refractivity contribution is 7.80. The molecule has 0 aliphatic carbocycles. The molecule has 1 aromatic rings. The summed E-state index contributed by atoms with van der Waals surface area (Å²) in [6.45, 7) is 1.51. The van der Waals surface area contributed by atoms with Crippen molar-refractivity contribution >= 4 is 22.9 Å². The normalized spacial score (nSPS) is 9.85. The molecule has 1 rings (SSSR count). The molecule has 0 spiro atoms. The number of anilines is 1. The summed E-state index contributed by atoms with van der Waals surface area (Å²) < 4.78 is 37.9. The second-order valence-corrected chi connectivity index (χ2v) is 3.04. The van der Waals surface area contributed by atoms with Crippen molar-refractivity contribution in [2.24, 2.45) is 0 Å². The van der Waals surface area contributed by atoms with Gasteiger partial charge in [0.15, 0.2) is 11.6 Å². The van der Waals surface area contributed by atoms with Gasteiger partial charge in [-0.1, -0.05) is 12.2 Å². The first-order valence-electron chi connectivity index (χ1n) is 3.43. The van der Waals surface area contributed by atoms with Crippen LogP contribution in [0.5, 0.6) is 0 Å². The summed E-state index contributed by atoms with van der Waals surface area (Å²) in [5.74, 6) is -3.20. The maximum atomic E-state index is 12.9. The van der Waals surface area contributed by atoms with Crippen molar-refractivity contribution in [3.8, 4) is 0 Å². The van der Waals surface area contributed by atoms with Crippen molar-refractivity contribution in [3.63, 3.8) is 0 Å². The molecule has 0 saturated heterocycles. The van der Waals surface area contributed by atoms with Crippen LogP contribution in [0.3, 0.4) is 0 Å². The number of hydrogen-bond donors (Lipinski definition) is 1. The lowest BCUT2D eigenvalue weighted by molar-refractivity contribution is 0.496. The van der Waals surface area contributed by atoms with Crippen molar-refractivity contribution in [1.29, 1.82) is 0 Å². The molecule has 1 nitrogen and oxygen atoms in total. The highest BCUT2D eigenvalue weighted by Crippen LogP contribution is 2.18. The van der Waals surface area contributed by atoms with Gasteiger partial charge in [0, 0.05) is 12.1 Å². The Morgan fingerprint density at radius 1 is 1.15 bits per heavy atom. The summed E-state index contributed by atoms with van der Waals surface area (Å²) in [5, 5.41) is 2.39. The fourth-order valence-electron chi connectivity index (χ4n) is 0.808. The molecule has 0 bridgehead atoms. The smallest absolute Gasteiger partial charge is 0.161 e. The van der Waals surface area contributed by atoms with Gasteiger partial charge in [-0.3, -0.25) is 0 Å². The zero-order chi connectivity index (χ0) is 10.0. The van der Waals surface area contributed by atoms with Gasteiger partial charge in [-0.2, -0.15) is 0 Å². The summed E-state index contributed by atoms with van der Waals surface area (Å²) in [5.41, 5.74) is -0.161. The standard InChI is InChI=1S/C8H6F3NS/c1-4(13)12-8-3-6(10)5(9)2-7(8)11/h2-3H,1H3,(H,12,13). The van der Waals surface area contributed by atoms with Crippen LogP contribution in [-0.4, -0.2) is 4.99 Å².